The maximum Gasteiger partial charge on any atom is 0.191 e. The minimum absolute atomic E-state index is 0.605. The Hall–Kier alpha value is -2.80. The van der Waals surface area contributed by atoms with Crippen molar-refractivity contribution in [1.82, 2.24) is 20.4 Å². The number of thiophene rings is 1. The summed E-state index contributed by atoms with van der Waals surface area (Å²) in [5, 5.41) is 11.3. The van der Waals surface area contributed by atoms with Crippen molar-refractivity contribution in [2.24, 2.45) is 4.99 Å². The van der Waals surface area contributed by atoms with Gasteiger partial charge in [-0.05, 0) is 48.9 Å². The molecule has 142 valence electrons. The maximum atomic E-state index is 5.19. The Morgan fingerprint density at radius 2 is 1.81 bits per heavy atom. The number of rotatable bonds is 7. The van der Waals surface area contributed by atoms with E-state index in [0.29, 0.717) is 6.54 Å². The zero-order valence-corrected chi connectivity index (χ0v) is 16.7. The minimum atomic E-state index is 0.605. The predicted molar refractivity (Wildman–Crippen MR) is 111 cm³/mol. The number of guanidine groups is 1. The lowest BCUT2D eigenvalue weighted by molar-refractivity contribution is 0.414. The Labute approximate surface area is 163 Å². The van der Waals surface area contributed by atoms with Crippen molar-refractivity contribution < 1.29 is 4.74 Å². The lowest BCUT2D eigenvalue weighted by Crippen LogP contribution is -2.36. The fraction of sp³-hybridized carbons (Fsp3) is 0.300. The topological polar surface area (TPSA) is 63.5 Å². The Kier molecular flexibility index (Phi) is 6.49. The van der Waals surface area contributed by atoms with Crippen LogP contribution in [0.4, 0.5) is 0 Å². The molecule has 27 heavy (non-hydrogen) atoms. The zero-order chi connectivity index (χ0) is 19.1. The number of nitrogens with zero attached hydrogens (tertiary/aromatic N) is 3. The Morgan fingerprint density at radius 3 is 2.48 bits per heavy atom. The molecule has 3 aromatic rings. The van der Waals surface area contributed by atoms with Gasteiger partial charge in [0.1, 0.15) is 5.75 Å². The highest BCUT2D eigenvalue weighted by Crippen LogP contribution is 2.16. The monoisotopic (exact) mass is 383 g/mol. The van der Waals surface area contributed by atoms with Gasteiger partial charge in [0.2, 0.25) is 0 Å². The predicted octanol–water partition coefficient (Wildman–Crippen LogP) is 3.37. The van der Waals surface area contributed by atoms with Gasteiger partial charge in [0.25, 0.3) is 0 Å². The fourth-order valence-electron chi connectivity index (χ4n) is 2.61. The van der Waals surface area contributed by atoms with Gasteiger partial charge < -0.3 is 15.4 Å². The summed E-state index contributed by atoms with van der Waals surface area (Å²) in [6.07, 6.45) is 3.03. The fourth-order valence-corrected chi connectivity index (χ4v) is 3.51. The first-order valence-corrected chi connectivity index (χ1v) is 9.74. The molecule has 0 aliphatic carbocycles. The third kappa shape index (κ3) is 5.10. The SMILES string of the molecule is CCc1ccc(CNC(=NC)NCc2ccn(-c3ccc(OC)cc3)n2)s1. The molecule has 6 nitrogen and oxygen atoms in total. The van der Waals surface area contributed by atoms with Crippen molar-refractivity contribution >= 4 is 17.3 Å². The molecule has 0 saturated heterocycles. The summed E-state index contributed by atoms with van der Waals surface area (Å²) < 4.78 is 7.04. The smallest absolute Gasteiger partial charge is 0.191 e. The van der Waals surface area contributed by atoms with Crippen molar-refractivity contribution in [1.29, 1.82) is 0 Å². The van der Waals surface area contributed by atoms with Crippen molar-refractivity contribution in [2.45, 2.75) is 26.4 Å². The Morgan fingerprint density at radius 1 is 1.07 bits per heavy atom. The van der Waals surface area contributed by atoms with Gasteiger partial charge in [-0.2, -0.15) is 5.10 Å². The second kappa shape index (κ2) is 9.23. The number of hydrogen-bond acceptors (Lipinski definition) is 4. The van der Waals surface area contributed by atoms with Gasteiger partial charge in [0.05, 0.1) is 31.6 Å². The van der Waals surface area contributed by atoms with Crippen molar-refractivity contribution in [3.63, 3.8) is 0 Å². The van der Waals surface area contributed by atoms with Crippen LogP contribution in [0.5, 0.6) is 5.75 Å². The first-order chi connectivity index (χ1) is 13.2. The quantitative estimate of drug-likeness (QED) is 0.485. The molecule has 3 rings (SSSR count). The summed E-state index contributed by atoms with van der Waals surface area (Å²) in [4.78, 5) is 6.99. The van der Waals surface area contributed by atoms with E-state index >= 15 is 0 Å². The molecule has 2 heterocycles. The van der Waals surface area contributed by atoms with Crippen LogP contribution < -0.4 is 15.4 Å². The minimum Gasteiger partial charge on any atom is -0.497 e. The molecule has 0 saturated carbocycles. The summed E-state index contributed by atoms with van der Waals surface area (Å²) in [6.45, 7) is 3.55. The molecule has 0 fully saturated rings. The molecule has 0 bridgehead atoms. The van der Waals surface area contributed by atoms with E-state index in [9.17, 15) is 0 Å². The first kappa shape index (κ1) is 19.0. The summed E-state index contributed by atoms with van der Waals surface area (Å²) in [5.41, 5.74) is 1.94. The lowest BCUT2D eigenvalue weighted by atomic mass is 10.3. The van der Waals surface area contributed by atoms with E-state index in [1.807, 2.05) is 52.5 Å². The van der Waals surface area contributed by atoms with E-state index in [4.69, 9.17) is 4.74 Å². The molecule has 1 aromatic carbocycles. The molecule has 0 radical (unpaired) electrons. The first-order valence-electron chi connectivity index (χ1n) is 8.93. The number of aryl methyl sites for hydroxylation is 1. The third-order valence-electron chi connectivity index (χ3n) is 4.14. The zero-order valence-electron chi connectivity index (χ0n) is 15.9. The van der Waals surface area contributed by atoms with E-state index in [-0.39, 0.29) is 0 Å². The molecule has 0 aliphatic rings. The number of aliphatic imine (C=N–C) groups is 1. The number of nitrogens with one attached hydrogen (secondary N) is 2. The highest BCUT2D eigenvalue weighted by Gasteiger charge is 2.05. The molecule has 0 unspecified atom stereocenters. The van der Waals surface area contributed by atoms with Crippen molar-refractivity contribution in [2.75, 3.05) is 14.2 Å². The van der Waals surface area contributed by atoms with Crippen LogP contribution in [0.15, 0.2) is 53.7 Å². The van der Waals surface area contributed by atoms with Crippen molar-refractivity contribution in [3.05, 3.63) is 64.1 Å². The summed E-state index contributed by atoms with van der Waals surface area (Å²) in [7, 11) is 3.44. The molecule has 0 spiro atoms. The highest BCUT2D eigenvalue weighted by molar-refractivity contribution is 7.11. The standard InChI is InChI=1S/C20H25N5OS/c1-4-18-9-10-19(27-18)14-23-20(21-2)22-13-15-11-12-25(24-15)16-5-7-17(26-3)8-6-16/h5-12H,4,13-14H2,1-3H3,(H2,21,22,23). The molecule has 2 aromatic heterocycles. The molecular weight excluding hydrogens is 358 g/mol. The molecular formula is C20H25N5OS. The second-order valence-corrected chi connectivity index (χ2v) is 7.20. The maximum absolute atomic E-state index is 5.19. The van der Waals surface area contributed by atoms with Crippen LogP contribution in [0, 0.1) is 0 Å². The van der Waals surface area contributed by atoms with Crippen LogP contribution in [-0.2, 0) is 19.5 Å². The van der Waals surface area contributed by atoms with E-state index in [1.165, 1.54) is 9.75 Å². The summed E-state index contributed by atoms with van der Waals surface area (Å²) in [5.74, 6) is 1.60. The van der Waals surface area contributed by atoms with Crippen molar-refractivity contribution in [3.8, 4) is 11.4 Å². The van der Waals surface area contributed by atoms with Crippen LogP contribution >= 0.6 is 11.3 Å². The number of hydrogen-bond donors (Lipinski definition) is 2. The largest absolute Gasteiger partial charge is 0.497 e. The van der Waals surface area contributed by atoms with Gasteiger partial charge in [-0.3, -0.25) is 4.99 Å². The van der Waals surface area contributed by atoms with Crippen LogP contribution in [0.2, 0.25) is 0 Å². The van der Waals surface area contributed by atoms with Crippen LogP contribution in [-0.4, -0.2) is 29.9 Å². The van der Waals surface area contributed by atoms with Gasteiger partial charge >= 0.3 is 0 Å². The molecule has 7 heteroatoms. The van der Waals surface area contributed by atoms with Gasteiger partial charge in [-0.15, -0.1) is 11.3 Å². The molecule has 2 N–H and O–H groups in total. The van der Waals surface area contributed by atoms with Gasteiger partial charge in [0, 0.05) is 23.0 Å². The molecule has 0 amide bonds. The normalized spacial score (nSPS) is 11.4. The number of aromatic nitrogens is 2. The summed E-state index contributed by atoms with van der Waals surface area (Å²) >= 11 is 1.83. The van der Waals surface area contributed by atoms with Gasteiger partial charge in [-0.25, -0.2) is 4.68 Å². The molecule has 0 aliphatic heterocycles. The summed E-state index contributed by atoms with van der Waals surface area (Å²) in [6, 6.07) is 14.2. The van der Waals surface area contributed by atoms with E-state index in [2.05, 4.69) is 39.8 Å². The second-order valence-electron chi connectivity index (χ2n) is 5.95. The highest BCUT2D eigenvalue weighted by atomic mass is 32.1. The van der Waals surface area contributed by atoms with Crippen LogP contribution in [0.3, 0.4) is 0 Å². The van der Waals surface area contributed by atoms with Gasteiger partial charge in [-0.1, -0.05) is 6.92 Å². The Balaban J connectivity index is 1.53. The number of ether oxygens (including phenoxy) is 1. The third-order valence-corrected chi connectivity index (χ3v) is 5.37. The molecule has 0 atom stereocenters. The Bertz CT molecular complexity index is 882. The average molecular weight is 384 g/mol. The van der Waals surface area contributed by atoms with E-state index in [0.717, 1.165) is 36.1 Å². The van der Waals surface area contributed by atoms with E-state index in [1.54, 1.807) is 14.2 Å². The lowest BCUT2D eigenvalue weighted by Gasteiger charge is -2.10. The van der Waals surface area contributed by atoms with E-state index < -0.39 is 0 Å². The average Bonchev–Trinajstić information content (AvgIpc) is 3.37. The number of benzene rings is 1. The van der Waals surface area contributed by atoms with Crippen LogP contribution in [0.1, 0.15) is 22.4 Å². The van der Waals surface area contributed by atoms with Crippen LogP contribution in [0.25, 0.3) is 5.69 Å². The number of methoxy groups -OCH3 is 1. The van der Waals surface area contributed by atoms with Gasteiger partial charge in [0.15, 0.2) is 5.96 Å².